The fourth-order valence-corrected chi connectivity index (χ4v) is 6.22. The van der Waals surface area contributed by atoms with Crippen LogP contribution in [0, 0.1) is 12.3 Å². The number of aryl methyl sites for hydroxylation is 1. The van der Waals surface area contributed by atoms with Gasteiger partial charge in [0.2, 0.25) is 0 Å². The number of thioether (sulfide) groups is 1. The Balaban J connectivity index is 1.67. The number of fused-ring (bicyclic) bond motifs is 4. The molecular weight excluding hydrogens is 412 g/mol. The van der Waals surface area contributed by atoms with E-state index >= 15 is 0 Å². The van der Waals surface area contributed by atoms with Crippen molar-refractivity contribution in [3.05, 3.63) is 81.6 Å². The maximum atomic E-state index is 14.2. The summed E-state index contributed by atoms with van der Waals surface area (Å²) in [5.74, 6) is 3.20. The maximum absolute atomic E-state index is 14.2. The molecule has 0 radical (unpaired) electrons. The van der Waals surface area contributed by atoms with Crippen LogP contribution in [0.25, 0.3) is 11.3 Å². The van der Waals surface area contributed by atoms with E-state index in [-0.39, 0.29) is 11.0 Å². The molecule has 4 heteroatoms. The molecule has 1 saturated carbocycles. The lowest BCUT2D eigenvalue weighted by Gasteiger charge is -2.42. The minimum absolute atomic E-state index is 0.0875. The molecular formula is C28H28N2OS. The highest BCUT2D eigenvalue weighted by molar-refractivity contribution is 7.99. The molecule has 0 bridgehead atoms. The molecule has 5 rings (SSSR count). The van der Waals surface area contributed by atoms with E-state index in [1.54, 1.807) is 0 Å². The van der Waals surface area contributed by atoms with Crippen molar-refractivity contribution in [3.8, 4) is 23.6 Å². The number of hydrogen-bond donors (Lipinski definition) is 0. The minimum atomic E-state index is -0.0875. The van der Waals surface area contributed by atoms with Gasteiger partial charge < -0.3 is 0 Å². The van der Waals surface area contributed by atoms with E-state index < -0.39 is 0 Å². The Bertz CT molecular complexity index is 1220. The highest BCUT2D eigenvalue weighted by atomic mass is 32.2. The van der Waals surface area contributed by atoms with Crippen LogP contribution in [0.5, 0.6) is 0 Å². The second-order valence-electron chi connectivity index (χ2n) is 8.98. The summed E-state index contributed by atoms with van der Waals surface area (Å²) in [4.78, 5) is 19.3. The molecule has 1 spiro atoms. The Hall–Kier alpha value is -2.77. The van der Waals surface area contributed by atoms with Gasteiger partial charge in [0.05, 0.1) is 17.0 Å². The molecule has 2 aliphatic rings. The number of hydrogen-bond acceptors (Lipinski definition) is 3. The Morgan fingerprint density at radius 3 is 2.56 bits per heavy atom. The predicted octanol–water partition coefficient (Wildman–Crippen LogP) is 5.64. The Morgan fingerprint density at radius 2 is 1.78 bits per heavy atom. The Kier molecular flexibility index (Phi) is 5.93. The fraction of sp³-hybridized carbons (Fsp3) is 0.357. The summed E-state index contributed by atoms with van der Waals surface area (Å²) in [7, 11) is 0. The molecule has 0 atom stereocenters. The van der Waals surface area contributed by atoms with Crippen LogP contribution in [0.1, 0.15) is 48.8 Å². The van der Waals surface area contributed by atoms with Gasteiger partial charge in [-0.3, -0.25) is 9.36 Å². The number of rotatable bonds is 5. The lowest BCUT2D eigenvalue weighted by Crippen LogP contribution is -2.43. The van der Waals surface area contributed by atoms with Crippen molar-refractivity contribution in [2.45, 2.75) is 62.1 Å². The lowest BCUT2D eigenvalue weighted by atomic mass is 9.62. The van der Waals surface area contributed by atoms with Gasteiger partial charge in [-0.15, -0.1) is 6.42 Å². The third-order valence-corrected chi connectivity index (χ3v) is 7.91. The highest BCUT2D eigenvalue weighted by Gasteiger charge is 2.43. The van der Waals surface area contributed by atoms with Crippen molar-refractivity contribution in [2.75, 3.05) is 5.75 Å². The first-order chi connectivity index (χ1) is 15.7. The van der Waals surface area contributed by atoms with Crippen molar-refractivity contribution in [2.24, 2.45) is 0 Å². The van der Waals surface area contributed by atoms with E-state index in [9.17, 15) is 4.79 Å². The van der Waals surface area contributed by atoms with Gasteiger partial charge in [0.15, 0.2) is 5.16 Å². The van der Waals surface area contributed by atoms with Gasteiger partial charge in [0.1, 0.15) is 0 Å². The van der Waals surface area contributed by atoms with Crippen LogP contribution in [0.3, 0.4) is 0 Å². The molecule has 0 aliphatic heterocycles. The van der Waals surface area contributed by atoms with Gasteiger partial charge in [0, 0.05) is 17.5 Å². The van der Waals surface area contributed by atoms with Crippen LogP contribution in [0.2, 0.25) is 0 Å². The summed E-state index contributed by atoms with van der Waals surface area (Å²) in [5, 5.41) is 0.741. The zero-order chi connectivity index (χ0) is 22.0. The first-order valence-corrected chi connectivity index (χ1v) is 12.5. The van der Waals surface area contributed by atoms with Crippen molar-refractivity contribution < 1.29 is 0 Å². The van der Waals surface area contributed by atoms with Crippen LogP contribution >= 0.6 is 11.8 Å². The third-order valence-electron chi connectivity index (χ3n) is 7.03. The zero-order valence-electron chi connectivity index (χ0n) is 18.3. The van der Waals surface area contributed by atoms with E-state index in [0.717, 1.165) is 47.7 Å². The second kappa shape index (κ2) is 9.00. The molecule has 2 aliphatic carbocycles. The maximum Gasteiger partial charge on any atom is 0.258 e. The third kappa shape index (κ3) is 3.80. The molecule has 2 aromatic carbocycles. The SMILES string of the molecule is C#CCSc1nc2c(c(=O)n1CCc1ccccc1)C1(CCCCC1)Cc1ccccc1-2. The molecule has 32 heavy (non-hydrogen) atoms. The summed E-state index contributed by atoms with van der Waals surface area (Å²) in [6.07, 6.45) is 13.1. The quantitative estimate of drug-likeness (QED) is 0.293. The van der Waals surface area contributed by atoms with Crippen LogP contribution in [0.4, 0.5) is 0 Å². The standard InChI is InChI=1S/C28H28N2OS/c1-2-19-32-27-29-25-23-14-8-7-13-22(23)20-28(16-9-4-10-17-28)24(25)26(31)30(27)18-15-21-11-5-3-6-12-21/h1,3,5-8,11-14H,4,9-10,15-20H2. The summed E-state index contributed by atoms with van der Waals surface area (Å²) in [6.45, 7) is 0.619. The molecule has 0 N–H and O–H groups in total. The van der Waals surface area contributed by atoms with Gasteiger partial charge in [0.25, 0.3) is 5.56 Å². The normalized spacial score (nSPS) is 16.2. The number of terminal acetylenes is 1. The molecule has 3 nitrogen and oxygen atoms in total. The minimum Gasteiger partial charge on any atom is -0.287 e. The molecule has 1 aromatic heterocycles. The second-order valence-corrected chi connectivity index (χ2v) is 9.92. The monoisotopic (exact) mass is 440 g/mol. The van der Waals surface area contributed by atoms with E-state index in [0.29, 0.717) is 12.3 Å². The van der Waals surface area contributed by atoms with Crippen molar-refractivity contribution in [3.63, 3.8) is 0 Å². The average molecular weight is 441 g/mol. The lowest BCUT2D eigenvalue weighted by molar-refractivity contribution is 0.282. The van der Waals surface area contributed by atoms with E-state index in [1.807, 2.05) is 22.8 Å². The zero-order valence-corrected chi connectivity index (χ0v) is 19.2. The van der Waals surface area contributed by atoms with E-state index in [1.165, 1.54) is 42.2 Å². The summed E-state index contributed by atoms with van der Waals surface area (Å²) >= 11 is 1.49. The van der Waals surface area contributed by atoms with Crippen LogP contribution < -0.4 is 5.56 Å². The van der Waals surface area contributed by atoms with E-state index in [4.69, 9.17) is 11.4 Å². The highest BCUT2D eigenvalue weighted by Crippen LogP contribution is 2.48. The molecule has 1 heterocycles. The van der Waals surface area contributed by atoms with Gasteiger partial charge in [-0.1, -0.05) is 91.5 Å². The molecule has 0 saturated heterocycles. The summed E-state index contributed by atoms with van der Waals surface area (Å²) < 4.78 is 1.90. The molecule has 0 amide bonds. The first-order valence-electron chi connectivity index (χ1n) is 11.6. The van der Waals surface area contributed by atoms with Crippen LogP contribution in [-0.4, -0.2) is 15.3 Å². The van der Waals surface area contributed by atoms with Gasteiger partial charge in [-0.05, 0) is 36.8 Å². The predicted molar refractivity (Wildman–Crippen MR) is 132 cm³/mol. The summed E-state index contributed by atoms with van der Waals surface area (Å²) in [5.41, 5.74) is 5.57. The van der Waals surface area contributed by atoms with Gasteiger partial charge in [-0.25, -0.2) is 4.98 Å². The topological polar surface area (TPSA) is 34.9 Å². The van der Waals surface area contributed by atoms with Crippen molar-refractivity contribution >= 4 is 11.8 Å². The summed E-state index contributed by atoms with van der Waals surface area (Å²) in [6, 6.07) is 18.8. The van der Waals surface area contributed by atoms with Crippen LogP contribution in [0.15, 0.2) is 64.5 Å². The van der Waals surface area contributed by atoms with Crippen LogP contribution in [-0.2, 0) is 24.8 Å². The molecule has 0 unspecified atom stereocenters. The molecule has 162 valence electrons. The molecule has 1 fully saturated rings. The average Bonchev–Trinajstić information content (AvgIpc) is 2.83. The van der Waals surface area contributed by atoms with E-state index in [2.05, 4.69) is 42.3 Å². The fourth-order valence-electron chi connectivity index (χ4n) is 5.52. The largest absolute Gasteiger partial charge is 0.287 e. The number of nitrogens with zero attached hydrogens (tertiary/aromatic N) is 2. The van der Waals surface area contributed by atoms with Gasteiger partial charge in [-0.2, -0.15) is 0 Å². The number of aromatic nitrogens is 2. The molecule has 3 aromatic rings. The number of benzene rings is 2. The first kappa shape index (κ1) is 21.1. The van der Waals surface area contributed by atoms with Crippen molar-refractivity contribution in [1.82, 2.24) is 9.55 Å². The smallest absolute Gasteiger partial charge is 0.258 e. The van der Waals surface area contributed by atoms with Gasteiger partial charge >= 0.3 is 0 Å². The Labute approximate surface area is 194 Å². The van der Waals surface area contributed by atoms with Crippen molar-refractivity contribution in [1.29, 1.82) is 0 Å². The Morgan fingerprint density at radius 1 is 1.03 bits per heavy atom.